The van der Waals surface area contributed by atoms with E-state index in [4.69, 9.17) is 0 Å². The first-order chi connectivity index (χ1) is 29.4. The van der Waals surface area contributed by atoms with E-state index >= 15 is 13.2 Å². The van der Waals surface area contributed by atoms with Crippen LogP contribution in [-0.2, 0) is 6.18 Å². The van der Waals surface area contributed by atoms with Gasteiger partial charge >= 0.3 is 6.18 Å². The zero-order valence-electron chi connectivity index (χ0n) is 33.6. The molecule has 0 N–H and O–H groups in total. The number of nitrogens with zero attached hydrogens (tertiary/aromatic N) is 9. The predicted molar refractivity (Wildman–Crippen MR) is 232 cm³/mol. The number of aryl methyl sites for hydroxylation is 5. The first-order valence-electron chi connectivity index (χ1n) is 19.6. The van der Waals surface area contributed by atoms with Gasteiger partial charge in [-0.1, -0.05) is 72.8 Å². The van der Waals surface area contributed by atoms with Crippen molar-refractivity contribution >= 4 is 43.6 Å². The van der Waals surface area contributed by atoms with Crippen molar-refractivity contribution in [2.45, 2.75) is 40.8 Å². The molecule has 0 aliphatic rings. The Morgan fingerprint density at radius 1 is 0.475 bits per heavy atom. The minimum Gasteiger partial charge on any atom is -0.308 e. The highest BCUT2D eigenvalue weighted by Gasteiger charge is 2.35. The molecule has 61 heavy (non-hydrogen) atoms. The number of halogens is 3. The highest BCUT2D eigenvalue weighted by Crippen LogP contribution is 2.44. The van der Waals surface area contributed by atoms with E-state index in [2.05, 4.69) is 36.0 Å². The van der Waals surface area contributed by atoms with Crippen LogP contribution in [0.4, 0.5) is 13.2 Å². The Hall–Kier alpha value is -7.78. The van der Waals surface area contributed by atoms with Gasteiger partial charge in [-0.25, -0.2) is 29.9 Å². The molecule has 0 saturated carbocycles. The molecule has 0 unspecified atom stereocenters. The van der Waals surface area contributed by atoms with Gasteiger partial charge < -0.3 is 9.13 Å². The highest BCUT2D eigenvalue weighted by atomic mass is 19.4. The van der Waals surface area contributed by atoms with Crippen molar-refractivity contribution in [1.29, 1.82) is 5.26 Å². The molecule has 0 atom stereocenters. The summed E-state index contributed by atoms with van der Waals surface area (Å²) in [6.45, 7) is 8.92. The summed E-state index contributed by atoms with van der Waals surface area (Å²) in [5, 5.41) is 15.0. The molecule has 0 radical (unpaired) electrons. The Kier molecular flexibility index (Phi) is 8.55. The van der Waals surface area contributed by atoms with Gasteiger partial charge in [0.2, 0.25) is 0 Å². The summed E-state index contributed by atoms with van der Waals surface area (Å²) in [4.78, 5) is 27.3. The number of hydrogen-bond acceptors (Lipinski definition) is 7. The molecule has 0 fully saturated rings. The number of benzene rings is 6. The Balaban J connectivity index is 1.37. The van der Waals surface area contributed by atoms with E-state index < -0.39 is 11.7 Å². The summed E-state index contributed by atoms with van der Waals surface area (Å²) in [7, 11) is 0. The molecule has 4 aromatic heterocycles. The van der Waals surface area contributed by atoms with Crippen molar-refractivity contribution in [1.82, 2.24) is 39.0 Å². The number of aromatic nitrogens is 8. The standard InChI is InChI=1S/C49H34F3N9/c1-26-11-10-14-39(49(50,51)52)46(26)33-23-44(60-40-15-8-6-12-34(40)36-19-17-31(21-42(36)60)47-56-27(2)54-28(3)57-47)38(25-53)45(24-33)61-41-16-9-7-13-35(41)37-20-18-32(22-43(37)61)48-58-29(4)55-30(5)59-48/h6-24H,1-5H3. The van der Waals surface area contributed by atoms with Gasteiger partial charge in [-0.05, 0) is 93.8 Å². The van der Waals surface area contributed by atoms with Crippen LogP contribution in [-0.4, -0.2) is 39.0 Å². The molecule has 0 aliphatic heterocycles. The summed E-state index contributed by atoms with van der Waals surface area (Å²) in [5.41, 5.74) is 5.47. The number of nitriles is 1. The van der Waals surface area contributed by atoms with E-state index in [0.717, 1.165) is 60.8 Å². The minimum absolute atomic E-state index is 0.0252. The van der Waals surface area contributed by atoms with Crippen molar-refractivity contribution in [2.75, 3.05) is 0 Å². The molecule has 10 rings (SSSR count). The van der Waals surface area contributed by atoms with Gasteiger partial charge in [0, 0.05) is 32.7 Å². The molecule has 4 heterocycles. The zero-order valence-corrected chi connectivity index (χ0v) is 33.6. The molecule has 0 saturated heterocycles. The maximum atomic E-state index is 15.1. The Bertz CT molecular complexity index is 3270. The lowest BCUT2D eigenvalue weighted by atomic mass is 9.92. The van der Waals surface area contributed by atoms with Gasteiger partial charge in [0.25, 0.3) is 0 Å². The molecular weight excluding hydrogens is 772 g/mol. The average molecular weight is 806 g/mol. The van der Waals surface area contributed by atoms with Crippen molar-refractivity contribution in [3.05, 3.63) is 155 Å². The van der Waals surface area contributed by atoms with Crippen LogP contribution in [0.1, 0.15) is 40.0 Å². The molecule has 6 aromatic carbocycles. The molecule has 12 heteroatoms. The van der Waals surface area contributed by atoms with E-state index in [1.807, 2.05) is 122 Å². The molecule has 0 bridgehead atoms. The van der Waals surface area contributed by atoms with Gasteiger partial charge in [-0.15, -0.1) is 0 Å². The number of hydrogen-bond donors (Lipinski definition) is 0. The third-order valence-corrected chi connectivity index (χ3v) is 11.1. The summed E-state index contributed by atoms with van der Waals surface area (Å²) < 4.78 is 49.2. The van der Waals surface area contributed by atoms with Crippen molar-refractivity contribution in [3.8, 4) is 51.3 Å². The topological polar surface area (TPSA) is 111 Å². The quantitative estimate of drug-likeness (QED) is 0.170. The fraction of sp³-hybridized carbons (Fsp3) is 0.122. The minimum atomic E-state index is -4.67. The lowest BCUT2D eigenvalue weighted by Crippen LogP contribution is -2.10. The fourth-order valence-corrected chi connectivity index (χ4v) is 8.74. The average Bonchev–Trinajstić information content (AvgIpc) is 3.74. The SMILES string of the molecule is Cc1nc(C)nc(-c2ccc3c4ccccc4n(-c4cc(-c5c(C)cccc5C(F)(F)F)cc(-n5c6ccccc6c6ccc(-c7nc(C)nc(C)n7)cc65)c4C#N)c3c2)n1. The largest absolute Gasteiger partial charge is 0.417 e. The monoisotopic (exact) mass is 805 g/mol. The summed E-state index contributed by atoms with van der Waals surface area (Å²) in [6.07, 6.45) is -4.67. The second-order valence-electron chi connectivity index (χ2n) is 15.2. The third-order valence-electron chi connectivity index (χ3n) is 11.1. The summed E-state index contributed by atoms with van der Waals surface area (Å²) >= 11 is 0. The maximum Gasteiger partial charge on any atom is 0.417 e. The fourth-order valence-electron chi connectivity index (χ4n) is 8.74. The van der Waals surface area contributed by atoms with Gasteiger partial charge in [-0.2, -0.15) is 18.4 Å². The molecular formula is C49H34F3N9. The normalized spacial score (nSPS) is 11.9. The highest BCUT2D eigenvalue weighted by molar-refractivity contribution is 6.12. The molecule has 0 spiro atoms. The van der Waals surface area contributed by atoms with E-state index in [1.54, 1.807) is 25.1 Å². The van der Waals surface area contributed by atoms with Crippen LogP contribution < -0.4 is 0 Å². The van der Waals surface area contributed by atoms with Crippen molar-refractivity contribution in [3.63, 3.8) is 0 Å². The van der Waals surface area contributed by atoms with Gasteiger partial charge in [0.15, 0.2) is 11.6 Å². The van der Waals surface area contributed by atoms with Crippen LogP contribution in [0.25, 0.3) is 88.9 Å². The van der Waals surface area contributed by atoms with Crippen molar-refractivity contribution < 1.29 is 13.2 Å². The number of para-hydroxylation sites is 2. The molecule has 9 nitrogen and oxygen atoms in total. The van der Waals surface area contributed by atoms with Gasteiger partial charge in [0.05, 0.1) is 39.0 Å². The molecule has 10 aromatic rings. The predicted octanol–water partition coefficient (Wildman–Crippen LogP) is 11.7. The van der Waals surface area contributed by atoms with Crippen LogP contribution in [0.5, 0.6) is 0 Å². The van der Waals surface area contributed by atoms with E-state index in [0.29, 0.717) is 57.4 Å². The zero-order chi connectivity index (χ0) is 42.3. The molecule has 0 amide bonds. The van der Waals surface area contributed by atoms with Crippen LogP contribution in [0, 0.1) is 45.9 Å². The van der Waals surface area contributed by atoms with E-state index in [1.165, 1.54) is 6.07 Å². The third kappa shape index (κ3) is 6.16. The van der Waals surface area contributed by atoms with Gasteiger partial charge in [0.1, 0.15) is 34.9 Å². The Labute approximate surface area is 347 Å². The number of alkyl halides is 3. The van der Waals surface area contributed by atoms with Crippen molar-refractivity contribution in [2.24, 2.45) is 0 Å². The number of rotatable bonds is 5. The van der Waals surface area contributed by atoms with Crippen LogP contribution in [0.3, 0.4) is 0 Å². The lowest BCUT2D eigenvalue weighted by molar-refractivity contribution is -0.137. The molecule has 0 aliphatic carbocycles. The first kappa shape index (κ1) is 37.5. The van der Waals surface area contributed by atoms with E-state index in [-0.39, 0.29) is 11.1 Å². The molecule has 296 valence electrons. The lowest BCUT2D eigenvalue weighted by Gasteiger charge is -2.21. The Morgan fingerprint density at radius 3 is 1.36 bits per heavy atom. The Morgan fingerprint density at radius 2 is 0.918 bits per heavy atom. The summed E-state index contributed by atoms with van der Waals surface area (Å²) in [5.74, 6) is 3.25. The second kappa shape index (κ2) is 13.9. The summed E-state index contributed by atoms with van der Waals surface area (Å²) in [6, 6.07) is 37.6. The van der Waals surface area contributed by atoms with Gasteiger partial charge in [-0.3, -0.25) is 0 Å². The number of fused-ring (bicyclic) bond motifs is 6. The van der Waals surface area contributed by atoms with Crippen LogP contribution in [0.15, 0.2) is 115 Å². The smallest absolute Gasteiger partial charge is 0.308 e. The second-order valence-corrected chi connectivity index (χ2v) is 15.2. The van der Waals surface area contributed by atoms with Crippen LogP contribution >= 0.6 is 0 Å². The maximum absolute atomic E-state index is 15.1. The van der Waals surface area contributed by atoms with E-state index in [9.17, 15) is 5.26 Å². The van der Waals surface area contributed by atoms with Crippen LogP contribution in [0.2, 0.25) is 0 Å². The first-order valence-corrected chi connectivity index (χ1v) is 19.6.